The van der Waals surface area contributed by atoms with E-state index in [1.54, 1.807) is 31.3 Å². The van der Waals surface area contributed by atoms with Crippen LogP contribution in [-0.2, 0) is 12.3 Å². The van der Waals surface area contributed by atoms with Gasteiger partial charge in [0.1, 0.15) is 5.82 Å². The molecule has 1 atom stereocenters. The summed E-state index contributed by atoms with van der Waals surface area (Å²) in [7, 11) is 0. The van der Waals surface area contributed by atoms with Crippen molar-refractivity contribution in [1.82, 2.24) is 25.5 Å². The minimum atomic E-state index is -2.97. The normalized spacial score (nSPS) is 16.9. The van der Waals surface area contributed by atoms with Crippen molar-refractivity contribution in [1.29, 1.82) is 0 Å². The molecule has 0 fully saturated rings. The maximum Gasteiger partial charge on any atom is 0.289 e. The number of anilines is 1. The summed E-state index contributed by atoms with van der Waals surface area (Å²) in [6, 6.07) is 5.49. The van der Waals surface area contributed by atoms with Crippen LogP contribution in [0.4, 0.5) is 14.6 Å². The van der Waals surface area contributed by atoms with E-state index >= 15 is 0 Å². The topological polar surface area (TPSA) is 95.6 Å². The van der Waals surface area contributed by atoms with Crippen molar-refractivity contribution >= 4 is 11.7 Å². The van der Waals surface area contributed by atoms with E-state index in [-0.39, 0.29) is 11.4 Å². The Balaban J connectivity index is 1.50. The van der Waals surface area contributed by atoms with Crippen LogP contribution < -0.4 is 10.6 Å². The number of carbonyl (C=O) groups is 1. The van der Waals surface area contributed by atoms with E-state index in [4.69, 9.17) is 0 Å². The zero-order chi connectivity index (χ0) is 21.3. The highest BCUT2D eigenvalue weighted by molar-refractivity contribution is 5.91. The number of carbonyl (C=O) groups excluding carboxylic acids is 1. The van der Waals surface area contributed by atoms with Crippen molar-refractivity contribution in [2.24, 2.45) is 0 Å². The number of hydrogen-bond acceptors (Lipinski definition) is 5. The molecule has 0 bridgehead atoms. The Kier molecular flexibility index (Phi) is 5.19. The summed E-state index contributed by atoms with van der Waals surface area (Å²) >= 11 is 0. The molecule has 2 heterocycles. The van der Waals surface area contributed by atoms with Gasteiger partial charge in [-0.1, -0.05) is 24.3 Å². The molecule has 0 spiro atoms. The SMILES string of the molecule is Cc1nc(C(=O)NC2CC(F)(F)c3ccccc32)nc(NCCc2cn[nH]c2)c1C. The average molecular weight is 412 g/mol. The van der Waals surface area contributed by atoms with Crippen LogP contribution in [0.15, 0.2) is 36.7 Å². The Hall–Kier alpha value is -3.36. The van der Waals surface area contributed by atoms with Crippen molar-refractivity contribution in [2.75, 3.05) is 11.9 Å². The first-order valence-corrected chi connectivity index (χ1v) is 9.70. The highest BCUT2D eigenvalue weighted by Crippen LogP contribution is 2.46. The lowest BCUT2D eigenvalue weighted by atomic mass is 10.1. The van der Waals surface area contributed by atoms with E-state index in [2.05, 4.69) is 30.8 Å². The summed E-state index contributed by atoms with van der Waals surface area (Å²) in [5, 5.41) is 12.6. The molecule has 2 aromatic heterocycles. The number of fused-ring (bicyclic) bond motifs is 1. The number of rotatable bonds is 6. The van der Waals surface area contributed by atoms with Crippen molar-refractivity contribution in [3.63, 3.8) is 0 Å². The van der Waals surface area contributed by atoms with Gasteiger partial charge in [-0.25, -0.2) is 18.7 Å². The second-order valence-electron chi connectivity index (χ2n) is 7.41. The number of nitrogens with zero attached hydrogens (tertiary/aromatic N) is 3. The molecule has 0 aliphatic heterocycles. The first kappa shape index (κ1) is 19.9. The van der Waals surface area contributed by atoms with Crippen molar-refractivity contribution in [3.8, 4) is 0 Å². The van der Waals surface area contributed by atoms with Crippen molar-refractivity contribution in [2.45, 2.75) is 38.7 Å². The molecule has 30 heavy (non-hydrogen) atoms. The predicted molar refractivity (Wildman–Crippen MR) is 107 cm³/mol. The lowest BCUT2D eigenvalue weighted by Crippen LogP contribution is -2.30. The quantitative estimate of drug-likeness (QED) is 0.577. The Morgan fingerprint density at radius 1 is 1.27 bits per heavy atom. The standard InChI is InChI=1S/C21H22F2N6O/c1-12-13(2)27-19(29-18(12)24-8-7-14-10-25-26-11-14)20(30)28-17-9-21(22,23)16-6-4-3-5-15(16)17/h3-6,10-11,17H,7-9H2,1-2H3,(H,25,26)(H,28,30)(H,24,27,29). The van der Waals surface area contributed by atoms with Crippen molar-refractivity contribution in [3.05, 3.63) is 70.4 Å². The summed E-state index contributed by atoms with van der Waals surface area (Å²) in [4.78, 5) is 21.4. The van der Waals surface area contributed by atoms with E-state index in [0.29, 0.717) is 23.6 Å². The van der Waals surface area contributed by atoms with Crippen LogP contribution in [-0.4, -0.2) is 32.6 Å². The maximum atomic E-state index is 14.3. The minimum Gasteiger partial charge on any atom is -0.369 e. The number of alkyl halides is 2. The number of aromatic amines is 1. The molecule has 1 aliphatic carbocycles. The second-order valence-corrected chi connectivity index (χ2v) is 7.41. The Bertz CT molecular complexity index is 1070. The molecule has 0 saturated heterocycles. The van der Waals surface area contributed by atoms with E-state index < -0.39 is 24.3 Å². The molecule has 3 aromatic rings. The van der Waals surface area contributed by atoms with Gasteiger partial charge in [-0.3, -0.25) is 9.89 Å². The fraction of sp³-hybridized carbons (Fsp3) is 0.333. The molecule has 0 saturated carbocycles. The third kappa shape index (κ3) is 3.87. The molecule has 7 nitrogen and oxygen atoms in total. The first-order valence-electron chi connectivity index (χ1n) is 9.70. The number of nitrogens with one attached hydrogen (secondary N) is 3. The molecule has 156 valence electrons. The predicted octanol–water partition coefficient (Wildman–Crippen LogP) is 3.44. The van der Waals surface area contributed by atoms with Crippen LogP contribution in [0.3, 0.4) is 0 Å². The maximum absolute atomic E-state index is 14.3. The number of aryl methyl sites for hydroxylation is 1. The van der Waals surface area contributed by atoms with Crippen molar-refractivity contribution < 1.29 is 13.6 Å². The first-order chi connectivity index (χ1) is 14.3. The Labute approximate surface area is 172 Å². The van der Waals surface area contributed by atoms with Gasteiger partial charge in [-0.05, 0) is 31.4 Å². The second kappa shape index (κ2) is 7.81. The molecule has 1 unspecified atom stereocenters. The van der Waals surface area contributed by atoms with Gasteiger partial charge in [0.25, 0.3) is 11.8 Å². The van der Waals surface area contributed by atoms with E-state index in [0.717, 1.165) is 17.5 Å². The highest BCUT2D eigenvalue weighted by Gasteiger charge is 2.45. The van der Waals surface area contributed by atoms with E-state index in [1.807, 2.05) is 13.1 Å². The summed E-state index contributed by atoms with van der Waals surface area (Å²) in [5.74, 6) is -3.04. The summed E-state index contributed by atoms with van der Waals surface area (Å²) in [6.07, 6.45) is 3.81. The van der Waals surface area contributed by atoms with Crippen LogP contribution >= 0.6 is 0 Å². The van der Waals surface area contributed by atoms with Gasteiger partial charge in [0.15, 0.2) is 0 Å². The Morgan fingerprint density at radius 3 is 2.83 bits per heavy atom. The van der Waals surface area contributed by atoms with Gasteiger partial charge in [0.2, 0.25) is 5.82 Å². The van der Waals surface area contributed by atoms with Crippen LogP contribution in [0.2, 0.25) is 0 Å². The lowest BCUT2D eigenvalue weighted by Gasteiger charge is -2.15. The zero-order valence-electron chi connectivity index (χ0n) is 16.7. The summed E-state index contributed by atoms with van der Waals surface area (Å²) in [6.45, 7) is 4.25. The van der Waals surface area contributed by atoms with Gasteiger partial charge in [-0.2, -0.15) is 5.10 Å². The summed E-state index contributed by atoms with van der Waals surface area (Å²) < 4.78 is 28.6. The highest BCUT2D eigenvalue weighted by atomic mass is 19.3. The number of halogens is 2. The van der Waals surface area contributed by atoms with Gasteiger partial charge >= 0.3 is 0 Å². The molecule has 1 amide bonds. The minimum absolute atomic E-state index is 0.0436. The molecular formula is C21H22F2N6O. The molecule has 0 radical (unpaired) electrons. The monoisotopic (exact) mass is 412 g/mol. The number of amides is 1. The smallest absolute Gasteiger partial charge is 0.289 e. The molecule has 1 aromatic carbocycles. The lowest BCUT2D eigenvalue weighted by molar-refractivity contribution is -0.00846. The van der Waals surface area contributed by atoms with Gasteiger partial charge in [0, 0.05) is 36.0 Å². The fourth-order valence-electron chi connectivity index (χ4n) is 3.60. The van der Waals surface area contributed by atoms with Crippen LogP contribution in [0.1, 0.15) is 51.0 Å². The Morgan fingerprint density at radius 2 is 2.07 bits per heavy atom. The molecular weight excluding hydrogens is 390 g/mol. The number of hydrogen-bond donors (Lipinski definition) is 3. The zero-order valence-corrected chi connectivity index (χ0v) is 16.7. The van der Waals surface area contributed by atoms with Crippen LogP contribution in [0.25, 0.3) is 0 Å². The fourth-order valence-corrected chi connectivity index (χ4v) is 3.60. The molecule has 4 rings (SSSR count). The third-order valence-corrected chi connectivity index (χ3v) is 5.35. The largest absolute Gasteiger partial charge is 0.369 e. The molecule has 9 heteroatoms. The van der Waals surface area contributed by atoms with Gasteiger partial charge in [-0.15, -0.1) is 0 Å². The van der Waals surface area contributed by atoms with Crippen LogP contribution in [0, 0.1) is 13.8 Å². The van der Waals surface area contributed by atoms with E-state index in [9.17, 15) is 13.6 Å². The molecule has 3 N–H and O–H groups in total. The van der Waals surface area contributed by atoms with Crippen LogP contribution in [0.5, 0.6) is 0 Å². The van der Waals surface area contributed by atoms with Gasteiger partial charge < -0.3 is 10.6 Å². The third-order valence-electron chi connectivity index (χ3n) is 5.35. The average Bonchev–Trinajstić information content (AvgIpc) is 3.31. The summed E-state index contributed by atoms with van der Waals surface area (Å²) in [5.41, 5.74) is 2.91. The number of H-pyrrole nitrogens is 1. The molecule has 1 aliphatic rings. The van der Waals surface area contributed by atoms with E-state index in [1.165, 1.54) is 6.07 Å². The number of aromatic nitrogens is 4. The number of benzene rings is 1. The van der Waals surface area contributed by atoms with Gasteiger partial charge in [0.05, 0.1) is 12.2 Å².